The van der Waals surface area contributed by atoms with Gasteiger partial charge in [0, 0.05) is 0 Å². The number of hydrogen-bond donors (Lipinski definition) is 1. The van der Waals surface area contributed by atoms with Crippen LogP contribution in [0.15, 0.2) is 0 Å². The molecule has 0 spiro atoms. The summed E-state index contributed by atoms with van der Waals surface area (Å²) >= 11 is 0. The Labute approximate surface area is 65.8 Å². The summed E-state index contributed by atoms with van der Waals surface area (Å²) in [6.45, 7) is 0. The Hall–Kier alpha value is 1.49. The third kappa shape index (κ3) is 9.74. The summed E-state index contributed by atoms with van der Waals surface area (Å²) in [6, 6.07) is 0. The maximum absolute atomic E-state index is 7.25. The van der Waals surface area contributed by atoms with E-state index in [1.54, 1.807) is 0 Å². The van der Waals surface area contributed by atoms with Crippen LogP contribution in [0.4, 0.5) is 0 Å². The van der Waals surface area contributed by atoms with Gasteiger partial charge in [-0.05, 0) is 0 Å². The van der Waals surface area contributed by atoms with E-state index < -0.39 is 0 Å². The van der Waals surface area contributed by atoms with E-state index in [2.05, 4.69) is 0 Å². The first-order chi connectivity index (χ1) is 1.00. The molecule has 0 radical (unpaired) electrons. The Balaban J connectivity index is -0.00000000500. The quantitative estimate of drug-likeness (QED) is 0.225. The molecule has 0 aliphatic heterocycles. The van der Waals surface area contributed by atoms with E-state index in [0.29, 0.717) is 0 Å². The molecule has 0 aromatic rings. The minimum atomic E-state index is 0. The molecular weight excluding hydrogens is 181 g/mol. The van der Waals surface area contributed by atoms with E-state index in [4.69, 9.17) is 10.5 Å². The molecule has 0 saturated carbocycles. The summed E-state index contributed by atoms with van der Waals surface area (Å²) in [6.07, 6.45) is 0. The van der Waals surface area contributed by atoms with E-state index >= 15 is 0 Å². The van der Waals surface area contributed by atoms with E-state index in [1.165, 1.54) is 0 Å². The third-order valence-corrected chi connectivity index (χ3v) is 0. The van der Waals surface area contributed by atoms with Crippen molar-refractivity contribution >= 4 is 48.9 Å². The summed E-state index contributed by atoms with van der Waals surface area (Å²) in [7, 11) is 0. The van der Waals surface area contributed by atoms with Crippen molar-refractivity contribution in [3.05, 3.63) is 7.43 Å². The van der Waals surface area contributed by atoms with Crippen LogP contribution in [-0.4, -0.2) is 54.1 Å². The fourth-order valence-corrected chi connectivity index (χ4v) is 0. The molecule has 1 N–H and O–H groups in total. The zero-order valence-corrected chi connectivity index (χ0v) is 7.00. The average molecular weight is 185 g/mol. The van der Waals surface area contributed by atoms with Crippen molar-refractivity contribution in [3.8, 4) is 0 Å². The third-order valence-electron chi connectivity index (χ3n) is 0. The molecule has 0 aliphatic rings. The van der Waals surface area contributed by atoms with E-state index in [-0.39, 0.29) is 56.3 Å². The summed E-state index contributed by atoms with van der Waals surface area (Å²) < 4.78 is 0. The van der Waals surface area contributed by atoms with Crippen molar-refractivity contribution < 1.29 is 10.5 Å². The van der Waals surface area contributed by atoms with Crippen molar-refractivity contribution in [3.63, 3.8) is 0 Å². The molecule has 0 aromatic heterocycles. The Kier molecular flexibility index (Phi) is 110. The van der Waals surface area contributed by atoms with E-state index in [9.17, 15) is 0 Å². The van der Waals surface area contributed by atoms with Crippen LogP contribution in [0, 0.1) is 7.43 Å². The largest absolute Gasteiger partial charge is 2.00 e. The van der Waals surface area contributed by atoms with Crippen molar-refractivity contribution in [2.45, 2.75) is 0 Å². The monoisotopic (exact) mass is 186 g/mol. The standard InChI is InChI=1S/CH3.Ba.H2O2/c;;1-2/h1H3;;1-2H/q-1;+2;/p-1. The minimum absolute atomic E-state index is 0. The van der Waals surface area contributed by atoms with Gasteiger partial charge >= 0.3 is 48.9 Å². The Morgan fingerprint density at radius 3 is 1.25 bits per heavy atom. The zero-order chi connectivity index (χ0) is 2.00. The first-order valence-corrected chi connectivity index (χ1v) is 0.183. The second-order valence-electron chi connectivity index (χ2n) is 0. The molecule has 0 fully saturated rings. The molecule has 0 unspecified atom stereocenters. The first-order valence-electron chi connectivity index (χ1n) is 0.183. The second-order valence-corrected chi connectivity index (χ2v) is 0. The van der Waals surface area contributed by atoms with Crippen molar-refractivity contribution in [2.75, 3.05) is 0 Å². The van der Waals surface area contributed by atoms with Crippen LogP contribution in [-0.2, 0) is 0 Å². The topological polar surface area (TPSA) is 43.3 Å². The van der Waals surface area contributed by atoms with Crippen LogP contribution in [0.5, 0.6) is 0 Å². The molecule has 0 amide bonds. The van der Waals surface area contributed by atoms with Gasteiger partial charge in [0.25, 0.3) is 0 Å². The summed E-state index contributed by atoms with van der Waals surface area (Å²) in [5.74, 6) is 0. The van der Waals surface area contributed by atoms with Crippen molar-refractivity contribution in [1.29, 1.82) is 0 Å². The summed E-state index contributed by atoms with van der Waals surface area (Å²) in [5, 5.41) is 13.0. The number of rotatable bonds is 0. The summed E-state index contributed by atoms with van der Waals surface area (Å²) in [4.78, 5) is 0. The predicted octanol–water partition coefficient (Wildman–Crippen LogP) is -1.11. The van der Waals surface area contributed by atoms with E-state index in [1.807, 2.05) is 0 Å². The van der Waals surface area contributed by atoms with Gasteiger partial charge < -0.3 is 17.9 Å². The van der Waals surface area contributed by atoms with Gasteiger partial charge in [0.1, 0.15) is 0 Å². The minimum Gasteiger partial charge on any atom is -0.727 e. The smallest absolute Gasteiger partial charge is 0.727 e. The molecule has 0 saturated heterocycles. The SMILES string of the molecule is [Ba+2].[CH3-].[O-]O. The second kappa shape index (κ2) is 24.6. The van der Waals surface area contributed by atoms with Gasteiger partial charge in [0.2, 0.25) is 0 Å². The molecular formula is CH4BaO2. The first kappa shape index (κ1) is 17.8. The predicted molar refractivity (Wildman–Crippen MR) is 14.8 cm³/mol. The fourth-order valence-electron chi connectivity index (χ4n) is 0. The molecule has 3 heteroatoms. The molecule has 0 aliphatic carbocycles. The molecule has 4 heavy (non-hydrogen) atoms. The van der Waals surface area contributed by atoms with Gasteiger partial charge in [-0.3, -0.25) is 0 Å². The van der Waals surface area contributed by atoms with Gasteiger partial charge in [0.15, 0.2) is 0 Å². The molecule has 0 aromatic carbocycles. The zero-order valence-electron chi connectivity index (χ0n) is 2.56. The van der Waals surface area contributed by atoms with Crippen LogP contribution >= 0.6 is 0 Å². The molecule has 0 atom stereocenters. The van der Waals surface area contributed by atoms with Gasteiger partial charge in [-0.2, -0.15) is 0 Å². The van der Waals surface area contributed by atoms with Crippen molar-refractivity contribution in [2.24, 2.45) is 0 Å². The maximum Gasteiger partial charge on any atom is 2.00 e. The molecule has 0 rings (SSSR count). The van der Waals surface area contributed by atoms with Crippen LogP contribution in [0.25, 0.3) is 0 Å². The van der Waals surface area contributed by atoms with Crippen molar-refractivity contribution in [1.82, 2.24) is 0 Å². The van der Waals surface area contributed by atoms with E-state index in [0.717, 1.165) is 0 Å². The van der Waals surface area contributed by atoms with Crippen LogP contribution in [0.2, 0.25) is 0 Å². The van der Waals surface area contributed by atoms with Gasteiger partial charge in [-0.25, -0.2) is 0 Å². The van der Waals surface area contributed by atoms with Crippen LogP contribution < -0.4 is 5.26 Å². The molecule has 22 valence electrons. The normalized spacial score (nSPS) is 1.50. The molecule has 2 nitrogen and oxygen atoms in total. The number of hydrogen-bond acceptors (Lipinski definition) is 2. The fraction of sp³-hybridized carbons (Fsp3) is 0. The van der Waals surface area contributed by atoms with Gasteiger partial charge in [-0.15, -0.1) is 0 Å². The summed E-state index contributed by atoms with van der Waals surface area (Å²) in [5.41, 5.74) is 0. The van der Waals surface area contributed by atoms with Crippen LogP contribution in [0.1, 0.15) is 0 Å². The van der Waals surface area contributed by atoms with Gasteiger partial charge in [-0.1, -0.05) is 0 Å². The molecule has 0 bridgehead atoms. The average Bonchev–Trinajstić information content (AvgIpc) is 1.00. The maximum atomic E-state index is 7.25. The van der Waals surface area contributed by atoms with Gasteiger partial charge in [0.05, 0.1) is 0 Å². The Bertz CT molecular complexity index is 6.00. The Morgan fingerprint density at radius 2 is 1.25 bits per heavy atom. The van der Waals surface area contributed by atoms with Crippen LogP contribution in [0.3, 0.4) is 0 Å². The molecule has 0 heterocycles. The Morgan fingerprint density at radius 1 is 1.25 bits per heavy atom.